The molecule has 0 aromatic heterocycles. The second-order valence-electron chi connectivity index (χ2n) is 12.2. The van der Waals surface area contributed by atoms with Crippen molar-refractivity contribution in [1.82, 2.24) is 0 Å². The molecule has 5 heteroatoms. The van der Waals surface area contributed by atoms with Crippen molar-refractivity contribution < 1.29 is 18.6 Å². The van der Waals surface area contributed by atoms with Gasteiger partial charge in [-0.15, -0.1) is 0 Å². The lowest BCUT2D eigenvalue weighted by molar-refractivity contribution is -0.286. The molecule has 1 aromatic rings. The predicted octanol–water partition coefficient (Wildman–Crippen LogP) is 8.38. The fraction of sp³-hybridized carbons (Fsp3) is 0.733. The molecule has 0 bridgehead atoms. The fourth-order valence-corrected chi connectivity index (χ4v) is 5.85. The third kappa shape index (κ3) is 7.92. The summed E-state index contributed by atoms with van der Waals surface area (Å²) in [7, 11) is -1.75. The second kappa shape index (κ2) is 12.4. The van der Waals surface area contributed by atoms with E-state index in [9.17, 15) is 0 Å². The van der Waals surface area contributed by atoms with Gasteiger partial charge in [0.2, 0.25) is 5.79 Å². The maximum Gasteiger partial charge on any atom is 0.210 e. The third-order valence-electron chi connectivity index (χ3n) is 8.34. The summed E-state index contributed by atoms with van der Waals surface area (Å²) in [6.07, 6.45) is 8.67. The molecule has 2 heterocycles. The summed E-state index contributed by atoms with van der Waals surface area (Å²) < 4.78 is 26.2. The van der Waals surface area contributed by atoms with Gasteiger partial charge in [-0.3, -0.25) is 0 Å². The van der Waals surface area contributed by atoms with E-state index in [1.165, 1.54) is 24.0 Å². The number of hydrogen-bond acceptors (Lipinski definition) is 4. The quantitative estimate of drug-likeness (QED) is 0.285. The van der Waals surface area contributed by atoms with Crippen LogP contribution in [0.1, 0.15) is 91.5 Å². The van der Waals surface area contributed by atoms with Crippen LogP contribution in [0.3, 0.4) is 0 Å². The first-order valence-electron chi connectivity index (χ1n) is 13.9. The van der Waals surface area contributed by atoms with Gasteiger partial charge in [-0.25, -0.2) is 0 Å². The molecule has 0 saturated carbocycles. The monoisotopic (exact) mass is 502 g/mol. The van der Waals surface area contributed by atoms with Gasteiger partial charge in [0.15, 0.2) is 8.32 Å². The predicted molar refractivity (Wildman–Crippen MR) is 147 cm³/mol. The molecule has 1 aromatic carbocycles. The molecule has 0 radical (unpaired) electrons. The molecule has 0 aliphatic carbocycles. The van der Waals surface area contributed by atoms with Crippen LogP contribution in [0, 0.1) is 5.92 Å². The zero-order valence-corrected chi connectivity index (χ0v) is 24.5. The minimum absolute atomic E-state index is 0.178. The van der Waals surface area contributed by atoms with Crippen molar-refractivity contribution in [2.75, 3.05) is 13.2 Å². The molecule has 198 valence electrons. The topological polar surface area (TPSA) is 36.9 Å². The molecule has 3 rings (SSSR count). The van der Waals surface area contributed by atoms with E-state index in [4.69, 9.17) is 18.6 Å². The Balaban J connectivity index is 1.62. The number of allylic oxidation sites excluding steroid dienone is 1. The van der Waals surface area contributed by atoms with Gasteiger partial charge in [0.05, 0.1) is 12.7 Å². The summed E-state index contributed by atoms with van der Waals surface area (Å²) in [5.41, 5.74) is 2.61. The Kier molecular flexibility index (Phi) is 10.1. The molecule has 1 spiro atoms. The van der Waals surface area contributed by atoms with Gasteiger partial charge >= 0.3 is 0 Å². The Morgan fingerprint density at radius 2 is 1.83 bits per heavy atom. The molecule has 0 N–H and O–H groups in total. The summed E-state index contributed by atoms with van der Waals surface area (Å²) >= 11 is 0. The van der Waals surface area contributed by atoms with E-state index < -0.39 is 14.1 Å². The summed E-state index contributed by atoms with van der Waals surface area (Å²) in [6, 6.07) is 10.4. The van der Waals surface area contributed by atoms with E-state index in [-0.39, 0.29) is 11.1 Å². The molecule has 1 fully saturated rings. The molecule has 35 heavy (non-hydrogen) atoms. The molecule has 1 unspecified atom stereocenters. The van der Waals surface area contributed by atoms with Crippen molar-refractivity contribution >= 4 is 8.32 Å². The Bertz CT molecular complexity index is 813. The van der Waals surface area contributed by atoms with Crippen LogP contribution in [0.2, 0.25) is 18.1 Å². The zero-order chi connectivity index (χ0) is 25.5. The first kappa shape index (κ1) is 28.4. The number of hydrogen-bond donors (Lipinski definition) is 0. The van der Waals surface area contributed by atoms with Gasteiger partial charge in [-0.1, -0.05) is 71.4 Å². The normalized spacial score (nSPS) is 25.7. The van der Waals surface area contributed by atoms with Crippen LogP contribution in [0.4, 0.5) is 0 Å². The first-order chi connectivity index (χ1) is 16.6. The minimum Gasteiger partial charge on any atom is -0.464 e. The van der Waals surface area contributed by atoms with E-state index in [1.54, 1.807) is 0 Å². The zero-order valence-electron chi connectivity index (χ0n) is 23.5. The van der Waals surface area contributed by atoms with Crippen molar-refractivity contribution in [2.24, 2.45) is 5.92 Å². The second-order valence-corrected chi connectivity index (χ2v) is 17.0. The number of unbranched alkanes of at least 4 members (excludes halogenated alkanes) is 1. The molecular weight excluding hydrogens is 452 g/mol. The van der Waals surface area contributed by atoms with Crippen LogP contribution < -0.4 is 0 Å². The van der Waals surface area contributed by atoms with Gasteiger partial charge in [0.25, 0.3) is 0 Å². The van der Waals surface area contributed by atoms with Crippen molar-refractivity contribution in [2.45, 2.75) is 123 Å². The highest BCUT2D eigenvalue weighted by Gasteiger charge is 2.45. The smallest absolute Gasteiger partial charge is 0.210 e. The van der Waals surface area contributed by atoms with E-state index in [0.717, 1.165) is 50.9 Å². The van der Waals surface area contributed by atoms with Crippen molar-refractivity contribution in [1.29, 1.82) is 0 Å². The van der Waals surface area contributed by atoms with E-state index >= 15 is 0 Å². The average molecular weight is 503 g/mol. The largest absolute Gasteiger partial charge is 0.464 e. The van der Waals surface area contributed by atoms with Gasteiger partial charge in [0, 0.05) is 19.4 Å². The summed E-state index contributed by atoms with van der Waals surface area (Å²) in [6.45, 7) is 18.0. The Morgan fingerprint density at radius 3 is 2.51 bits per heavy atom. The first-order valence-corrected chi connectivity index (χ1v) is 16.8. The van der Waals surface area contributed by atoms with Crippen LogP contribution in [-0.2, 0) is 25.2 Å². The van der Waals surface area contributed by atoms with Crippen molar-refractivity contribution in [3.8, 4) is 0 Å². The van der Waals surface area contributed by atoms with E-state index in [0.29, 0.717) is 19.1 Å². The highest BCUT2D eigenvalue weighted by molar-refractivity contribution is 6.74. The Labute approximate surface area is 215 Å². The van der Waals surface area contributed by atoms with Gasteiger partial charge in [-0.2, -0.15) is 0 Å². The highest BCUT2D eigenvalue weighted by Crippen LogP contribution is 2.44. The standard InChI is InChI=1S/C30H50O4Si/c1-8-9-15-26-17-20-30(34-28(26)23-31-22-25-13-11-10-12-14-25)19-16-24(2)27(33-30)18-21-32-35(6,7)29(3,4)5/h10-14,24,27H,8-9,15-23H2,1-7H3/t24?,27-,30+/m1/s1. The molecule has 1 saturated heterocycles. The number of benzene rings is 1. The lowest BCUT2D eigenvalue weighted by atomic mass is 9.86. The fourth-order valence-electron chi connectivity index (χ4n) is 4.78. The van der Waals surface area contributed by atoms with E-state index in [1.807, 2.05) is 6.07 Å². The maximum atomic E-state index is 6.80. The van der Waals surface area contributed by atoms with Gasteiger partial charge in [0.1, 0.15) is 12.4 Å². The number of rotatable bonds is 11. The van der Waals surface area contributed by atoms with Crippen LogP contribution in [-0.4, -0.2) is 33.4 Å². The van der Waals surface area contributed by atoms with Crippen LogP contribution in [0.25, 0.3) is 0 Å². The van der Waals surface area contributed by atoms with Crippen molar-refractivity contribution in [3.05, 3.63) is 47.2 Å². The lowest BCUT2D eigenvalue weighted by Crippen LogP contribution is -2.49. The average Bonchev–Trinajstić information content (AvgIpc) is 2.81. The summed E-state index contributed by atoms with van der Waals surface area (Å²) in [5, 5.41) is 0.230. The molecule has 2 aliphatic heterocycles. The highest BCUT2D eigenvalue weighted by atomic mass is 28.4. The Hall–Kier alpha value is -1.14. The molecular formula is C30H50O4Si. The summed E-state index contributed by atoms with van der Waals surface area (Å²) in [4.78, 5) is 0. The molecule has 0 amide bonds. The third-order valence-corrected chi connectivity index (χ3v) is 12.9. The van der Waals surface area contributed by atoms with Gasteiger partial charge in [-0.05, 0) is 67.3 Å². The van der Waals surface area contributed by atoms with Crippen LogP contribution in [0.5, 0.6) is 0 Å². The van der Waals surface area contributed by atoms with Gasteiger partial charge < -0.3 is 18.6 Å². The molecule has 4 nitrogen and oxygen atoms in total. The SMILES string of the molecule is CCCCC1=C(COCc2ccccc2)O[C@]2(CC1)CCC(C)[C@@H](CCO[Si](C)(C)C(C)(C)C)O2. The Morgan fingerprint density at radius 1 is 1.09 bits per heavy atom. The minimum atomic E-state index is -1.75. The molecule has 3 atom stereocenters. The summed E-state index contributed by atoms with van der Waals surface area (Å²) in [5.74, 6) is 1.04. The lowest BCUT2D eigenvalue weighted by Gasteiger charge is -2.47. The van der Waals surface area contributed by atoms with Crippen molar-refractivity contribution in [3.63, 3.8) is 0 Å². The maximum absolute atomic E-state index is 6.80. The van der Waals surface area contributed by atoms with Crippen LogP contribution >= 0.6 is 0 Å². The van der Waals surface area contributed by atoms with Crippen LogP contribution in [0.15, 0.2) is 41.7 Å². The molecule has 2 aliphatic rings. The van der Waals surface area contributed by atoms with E-state index in [2.05, 4.69) is 72.0 Å². The number of ether oxygens (including phenoxy) is 3.